The van der Waals surface area contributed by atoms with Crippen LogP contribution in [0.25, 0.3) is 6.08 Å². The lowest BCUT2D eigenvalue weighted by atomic mass is 10.0. The van der Waals surface area contributed by atoms with E-state index in [2.05, 4.69) is 19.9 Å². The van der Waals surface area contributed by atoms with E-state index in [1.54, 1.807) is 39.5 Å². The van der Waals surface area contributed by atoms with Crippen LogP contribution in [0.4, 0.5) is 0 Å². The lowest BCUT2D eigenvalue weighted by Gasteiger charge is -2.13. The fourth-order valence-electron chi connectivity index (χ4n) is 3.02. The minimum Gasteiger partial charge on any atom is -0.493 e. The van der Waals surface area contributed by atoms with Gasteiger partial charge in [0.05, 0.1) is 26.9 Å². The average molecular weight is 380 g/mol. The van der Waals surface area contributed by atoms with Crippen LogP contribution in [0.1, 0.15) is 35.3 Å². The van der Waals surface area contributed by atoms with E-state index < -0.39 is 0 Å². The zero-order valence-electron chi connectivity index (χ0n) is 16.8. The summed E-state index contributed by atoms with van der Waals surface area (Å²) in [5.74, 6) is 2.23. The molecule has 146 valence electrons. The van der Waals surface area contributed by atoms with Crippen LogP contribution in [0.15, 0.2) is 47.7 Å². The third-order valence-corrected chi connectivity index (χ3v) is 4.46. The lowest BCUT2D eigenvalue weighted by Crippen LogP contribution is -1.99. The van der Waals surface area contributed by atoms with Crippen LogP contribution in [0.3, 0.4) is 0 Å². The molecule has 0 saturated heterocycles. The van der Waals surface area contributed by atoms with Gasteiger partial charge in [-0.2, -0.15) is 0 Å². The number of ether oxygens (including phenoxy) is 4. The Morgan fingerprint density at radius 2 is 1.68 bits per heavy atom. The van der Waals surface area contributed by atoms with Crippen LogP contribution in [0, 0.1) is 0 Å². The van der Waals surface area contributed by atoms with Crippen molar-refractivity contribution < 1.29 is 23.7 Å². The van der Waals surface area contributed by atoms with Crippen LogP contribution >= 0.6 is 0 Å². The van der Waals surface area contributed by atoms with Gasteiger partial charge < -0.3 is 18.9 Å². The first kappa shape index (κ1) is 19.5. The number of ketones is 1. The molecule has 28 heavy (non-hydrogen) atoms. The summed E-state index contributed by atoms with van der Waals surface area (Å²) in [5, 5.41) is 0. The van der Waals surface area contributed by atoms with Gasteiger partial charge in [0, 0.05) is 0 Å². The number of rotatable bonds is 6. The maximum atomic E-state index is 12.8. The molecule has 0 radical (unpaired) electrons. The molecule has 5 nitrogen and oxygen atoms in total. The van der Waals surface area contributed by atoms with Gasteiger partial charge in [0.1, 0.15) is 5.75 Å². The van der Waals surface area contributed by atoms with Crippen molar-refractivity contribution in [1.29, 1.82) is 0 Å². The second kappa shape index (κ2) is 8.21. The molecule has 0 aliphatic carbocycles. The van der Waals surface area contributed by atoms with Gasteiger partial charge in [-0.1, -0.05) is 17.7 Å². The molecule has 1 heterocycles. The molecule has 0 unspecified atom stereocenters. The zero-order valence-corrected chi connectivity index (χ0v) is 16.8. The number of carbonyl (C=O) groups excluding carboxylic acids is 1. The highest BCUT2D eigenvalue weighted by molar-refractivity contribution is 6.14. The van der Waals surface area contributed by atoms with Crippen molar-refractivity contribution in [2.24, 2.45) is 0 Å². The monoisotopic (exact) mass is 380 g/mol. The van der Waals surface area contributed by atoms with Crippen molar-refractivity contribution in [3.8, 4) is 23.0 Å². The number of methoxy groups -OCH3 is 3. The molecule has 0 bridgehead atoms. The van der Waals surface area contributed by atoms with Crippen molar-refractivity contribution >= 4 is 11.9 Å². The molecule has 2 aromatic rings. The molecule has 3 rings (SSSR count). The number of hydrogen-bond acceptors (Lipinski definition) is 5. The van der Waals surface area contributed by atoms with E-state index in [0.717, 1.165) is 17.5 Å². The second-order valence-electron chi connectivity index (χ2n) is 6.71. The summed E-state index contributed by atoms with van der Waals surface area (Å²) in [6.07, 6.45) is 4.60. The number of Topliss-reactive ketones (excluding diaryl/α,β-unsaturated/α-hetero) is 1. The van der Waals surface area contributed by atoms with E-state index in [1.165, 1.54) is 5.57 Å². The normalized spacial score (nSPS) is 13.8. The fraction of sp³-hybridized carbons (Fsp3) is 0.261. The van der Waals surface area contributed by atoms with E-state index in [-0.39, 0.29) is 11.5 Å². The van der Waals surface area contributed by atoms with Gasteiger partial charge in [-0.3, -0.25) is 4.79 Å². The van der Waals surface area contributed by atoms with Crippen LogP contribution in [-0.4, -0.2) is 27.1 Å². The van der Waals surface area contributed by atoms with Crippen LogP contribution < -0.4 is 18.9 Å². The molecule has 1 aliphatic rings. The van der Waals surface area contributed by atoms with Gasteiger partial charge in [-0.15, -0.1) is 0 Å². The van der Waals surface area contributed by atoms with E-state index in [9.17, 15) is 4.79 Å². The molecule has 0 fully saturated rings. The number of fused-ring (bicyclic) bond motifs is 1. The minimum absolute atomic E-state index is 0.136. The number of hydrogen-bond donors (Lipinski definition) is 0. The first-order valence-electron chi connectivity index (χ1n) is 8.97. The first-order chi connectivity index (χ1) is 13.5. The highest BCUT2D eigenvalue weighted by Gasteiger charge is 2.27. The Kier molecular flexibility index (Phi) is 5.73. The Balaban J connectivity index is 1.94. The standard InChI is InChI=1S/C23H24O5/c1-14(2)6-7-15-8-9-18-17(10-15)22(24)19(28-18)11-16-12-20(25-3)23(27-5)21(13-16)26-4/h6,8-13H,7H2,1-5H3/b19-11-. The molecule has 0 saturated carbocycles. The summed E-state index contributed by atoms with van der Waals surface area (Å²) in [4.78, 5) is 12.8. The summed E-state index contributed by atoms with van der Waals surface area (Å²) < 4.78 is 21.9. The Morgan fingerprint density at radius 1 is 1.00 bits per heavy atom. The fourth-order valence-corrected chi connectivity index (χ4v) is 3.02. The summed E-state index contributed by atoms with van der Waals surface area (Å²) in [5.41, 5.74) is 3.62. The van der Waals surface area contributed by atoms with E-state index in [1.807, 2.05) is 18.2 Å². The van der Waals surface area contributed by atoms with Crippen LogP contribution in [-0.2, 0) is 6.42 Å². The average Bonchev–Trinajstić information content (AvgIpc) is 3.00. The molecular formula is C23H24O5. The Bertz CT molecular complexity index is 940. The largest absolute Gasteiger partial charge is 0.493 e. The first-order valence-corrected chi connectivity index (χ1v) is 8.97. The number of benzene rings is 2. The number of carbonyl (C=O) groups is 1. The summed E-state index contributed by atoms with van der Waals surface area (Å²) in [6, 6.07) is 9.26. The Hall–Kier alpha value is -3.21. The Labute approximate surface area is 165 Å². The Morgan fingerprint density at radius 3 is 2.25 bits per heavy atom. The molecule has 0 N–H and O–H groups in total. The van der Waals surface area contributed by atoms with Gasteiger partial charge in [0.2, 0.25) is 11.5 Å². The van der Waals surface area contributed by atoms with Gasteiger partial charge in [-0.25, -0.2) is 0 Å². The topological polar surface area (TPSA) is 54.0 Å². The molecular weight excluding hydrogens is 356 g/mol. The second-order valence-corrected chi connectivity index (χ2v) is 6.71. The summed E-state index contributed by atoms with van der Waals surface area (Å²) in [7, 11) is 4.65. The molecule has 0 spiro atoms. The van der Waals surface area contributed by atoms with Crippen molar-refractivity contribution in [2.45, 2.75) is 20.3 Å². The highest BCUT2D eigenvalue weighted by atomic mass is 16.5. The molecule has 5 heteroatoms. The zero-order chi connectivity index (χ0) is 20.3. The van der Waals surface area contributed by atoms with Crippen molar-refractivity contribution in [2.75, 3.05) is 21.3 Å². The summed E-state index contributed by atoms with van der Waals surface area (Å²) >= 11 is 0. The molecule has 0 amide bonds. The van der Waals surface area contributed by atoms with Crippen molar-refractivity contribution in [1.82, 2.24) is 0 Å². The lowest BCUT2D eigenvalue weighted by molar-refractivity contribution is 0.101. The van der Waals surface area contributed by atoms with E-state index in [0.29, 0.717) is 28.6 Å². The van der Waals surface area contributed by atoms with Crippen molar-refractivity contribution in [3.05, 3.63) is 64.4 Å². The smallest absolute Gasteiger partial charge is 0.231 e. The maximum Gasteiger partial charge on any atom is 0.231 e. The third kappa shape index (κ3) is 3.88. The molecule has 0 aromatic heterocycles. The SMILES string of the molecule is COc1cc(/C=C2\Oc3ccc(CC=C(C)C)cc3C2=O)cc(OC)c1OC. The third-order valence-electron chi connectivity index (χ3n) is 4.46. The molecule has 2 aromatic carbocycles. The molecule has 1 aliphatic heterocycles. The van der Waals surface area contributed by atoms with Crippen molar-refractivity contribution in [3.63, 3.8) is 0 Å². The highest BCUT2D eigenvalue weighted by Crippen LogP contribution is 2.39. The minimum atomic E-state index is -0.136. The van der Waals surface area contributed by atoms with Gasteiger partial charge in [0.25, 0.3) is 0 Å². The quantitative estimate of drug-likeness (QED) is 0.530. The predicted octanol–water partition coefficient (Wildman–Crippen LogP) is 4.84. The van der Waals surface area contributed by atoms with Gasteiger partial charge in [-0.05, 0) is 61.7 Å². The summed E-state index contributed by atoms with van der Waals surface area (Å²) in [6.45, 7) is 4.11. The molecule has 0 atom stereocenters. The maximum absolute atomic E-state index is 12.8. The van der Waals surface area contributed by atoms with Gasteiger partial charge in [0.15, 0.2) is 17.3 Å². The van der Waals surface area contributed by atoms with E-state index >= 15 is 0 Å². The van der Waals surface area contributed by atoms with E-state index in [4.69, 9.17) is 18.9 Å². The van der Waals surface area contributed by atoms with Crippen LogP contribution in [0.2, 0.25) is 0 Å². The predicted molar refractivity (Wildman–Crippen MR) is 109 cm³/mol. The van der Waals surface area contributed by atoms with Gasteiger partial charge >= 0.3 is 0 Å². The van der Waals surface area contributed by atoms with Crippen LogP contribution in [0.5, 0.6) is 23.0 Å². The number of allylic oxidation sites excluding steroid dienone is 3.